The maximum absolute atomic E-state index is 13.5. The van der Waals surface area contributed by atoms with E-state index in [2.05, 4.69) is 11.9 Å². The molecule has 0 radical (unpaired) electrons. The SMILES string of the molecule is CCCCCCCCCCCCC(N)c1ccncc1F. The van der Waals surface area contributed by atoms with Gasteiger partial charge in [-0.2, -0.15) is 0 Å². The molecule has 0 aliphatic carbocycles. The zero-order chi connectivity index (χ0) is 15.3. The number of hydrogen-bond donors (Lipinski definition) is 1. The van der Waals surface area contributed by atoms with Gasteiger partial charge in [-0.15, -0.1) is 0 Å². The van der Waals surface area contributed by atoms with Crippen molar-refractivity contribution >= 4 is 0 Å². The van der Waals surface area contributed by atoms with Gasteiger partial charge >= 0.3 is 0 Å². The van der Waals surface area contributed by atoms with Crippen LogP contribution in [0.2, 0.25) is 0 Å². The van der Waals surface area contributed by atoms with Gasteiger partial charge in [-0.05, 0) is 12.5 Å². The van der Waals surface area contributed by atoms with Crippen LogP contribution < -0.4 is 5.73 Å². The van der Waals surface area contributed by atoms with Gasteiger partial charge in [0.1, 0.15) is 5.82 Å². The molecule has 0 fully saturated rings. The summed E-state index contributed by atoms with van der Waals surface area (Å²) in [6, 6.07) is 1.50. The van der Waals surface area contributed by atoms with Crippen molar-refractivity contribution in [3.63, 3.8) is 0 Å². The standard InChI is InChI=1S/C18H31FN2/c1-2-3-4-5-6-7-8-9-10-11-12-18(20)16-13-14-21-15-17(16)19/h13-15,18H,2-12,20H2,1H3. The number of pyridine rings is 1. The minimum atomic E-state index is -0.280. The molecule has 1 aromatic rings. The summed E-state index contributed by atoms with van der Waals surface area (Å²) in [5.41, 5.74) is 6.64. The molecule has 0 aliphatic heterocycles. The first-order valence-corrected chi connectivity index (χ1v) is 8.60. The van der Waals surface area contributed by atoms with Crippen molar-refractivity contribution in [3.05, 3.63) is 29.8 Å². The molecule has 0 spiro atoms. The molecular formula is C18H31FN2. The van der Waals surface area contributed by atoms with Gasteiger partial charge in [-0.25, -0.2) is 4.39 Å². The summed E-state index contributed by atoms with van der Waals surface area (Å²) in [5.74, 6) is -0.280. The number of nitrogens with zero attached hydrogens (tertiary/aromatic N) is 1. The molecule has 2 nitrogen and oxygen atoms in total. The Balaban J connectivity index is 1.98. The third-order valence-corrected chi connectivity index (χ3v) is 4.07. The summed E-state index contributed by atoms with van der Waals surface area (Å²) in [6.45, 7) is 2.25. The van der Waals surface area contributed by atoms with Crippen LogP contribution in [0.15, 0.2) is 18.5 Å². The van der Waals surface area contributed by atoms with Gasteiger partial charge in [0, 0.05) is 17.8 Å². The van der Waals surface area contributed by atoms with E-state index in [0.29, 0.717) is 5.56 Å². The van der Waals surface area contributed by atoms with E-state index in [9.17, 15) is 4.39 Å². The fraction of sp³-hybridized carbons (Fsp3) is 0.722. The highest BCUT2D eigenvalue weighted by Crippen LogP contribution is 2.20. The van der Waals surface area contributed by atoms with E-state index in [0.717, 1.165) is 12.8 Å². The van der Waals surface area contributed by atoms with Crippen LogP contribution in [0.5, 0.6) is 0 Å². The molecule has 3 heteroatoms. The lowest BCUT2D eigenvalue weighted by Crippen LogP contribution is -2.12. The van der Waals surface area contributed by atoms with E-state index >= 15 is 0 Å². The number of nitrogens with two attached hydrogens (primary N) is 1. The maximum Gasteiger partial charge on any atom is 0.146 e. The molecule has 1 rings (SSSR count). The van der Waals surface area contributed by atoms with Crippen LogP contribution in [0, 0.1) is 5.82 Å². The Kier molecular flexibility index (Phi) is 10.1. The predicted molar refractivity (Wildman–Crippen MR) is 87.6 cm³/mol. The average Bonchev–Trinajstić information content (AvgIpc) is 2.49. The third-order valence-electron chi connectivity index (χ3n) is 4.07. The molecule has 0 saturated carbocycles. The van der Waals surface area contributed by atoms with Crippen LogP contribution in [-0.4, -0.2) is 4.98 Å². The molecular weight excluding hydrogens is 263 g/mol. The van der Waals surface area contributed by atoms with Gasteiger partial charge in [0.05, 0.1) is 6.20 Å². The first kappa shape index (κ1) is 18.1. The normalized spacial score (nSPS) is 12.5. The van der Waals surface area contributed by atoms with E-state index in [1.807, 2.05) is 0 Å². The molecule has 1 heterocycles. The van der Waals surface area contributed by atoms with Crippen molar-refractivity contribution in [3.8, 4) is 0 Å². The van der Waals surface area contributed by atoms with Gasteiger partial charge in [-0.1, -0.05) is 71.1 Å². The van der Waals surface area contributed by atoms with Crippen molar-refractivity contribution in [1.82, 2.24) is 4.98 Å². The van der Waals surface area contributed by atoms with E-state index < -0.39 is 0 Å². The molecule has 0 amide bonds. The van der Waals surface area contributed by atoms with E-state index in [-0.39, 0.29) is 11.9 Å². The van der Waals surface area contributed by atoms with Gasteiger partial charge in [0.15, 0.2) is 0 Å². The first-order chi connectivity index (χ1) is 10.3. The number of halogens is 1. The first-order valence-electron chi connectivity index (χ1n) is 8.60. The quantitative estimate of drug-likeness (QED) is 0.515. The van der Waals surface area contributed by atoms with E-state index in [1.165, 1.54) is 64.0 Å². The highest BCUT2D eigenvalue weighted by Gasteiger charge is 2.10. The number of aromatic nitrogens is 1. The Morgan fingerprint density at radius 3 is 2.14 bits per heavy atom. The van der Waals surface area contributed by atoms with Crippen molar-refractivity contribution in [2.45, 2.75) is 83.6 Å². The second kappa shape index (κ2) is 11.7. The summed E-state index contributed by atoms with van der Waals surface area (Å²) in [5, 5.41) is 0. The highest BCUT2D eigenvalue weighted by atomic mass is 19.1. The van der Waals surface area contributed by atoms with Crippen LogP contribution in [0.3, 0.4) is 0 Å². The molecule has 1 aromatic heterocycles. The summed E-state index contributed by atoms with van der Waals surface area (Å²) in [6.07, 6.45) is 16.8. The largest absolute Gasteiger partial charge is 0.324 e. The summed E-state index contributed by atoms with van der Waals surface area (Å²) >= 11 is 0. The monoisotopic (exact) mass is 294 g/mol. The Morgan fingerprint density at radius 2 is 1.57 bits per heavy atom. The Bertz CT molecular complexity index is 368. The summed E-state index contributed by atoms with van der Waals surface area (Å²) in [7, 11) is 0. The van der Waals surface area contributed by atoms with Crippen LogP contribution in [0.25, 0.3) is 0 Å². The van der Waals surface area contributed by atoms with Crippen molar-refractivity contribution < 1.29 is 4.39 Å². The van der Waals surface area contributed by atoms with Gasteiger partial charge < -0.3 is 5.73 Å². The van der Waals surface area contributed by atoms with Crippen LogP contribution in [0.4, 0.5) is 4.39 Å². The topological polar surface area (TPSA) is 38.9 Å². The Morgan fingerprint density at radius 1 is 1.00 bits per heavy atom. The Labute approximate surface area is 129 Å². The van der Waals surface area contributed by atoms with Crippen LogP contribution in [0.1, 0.15) is 89.2 Å². The fourth-order valence-electron chi connectivity index (χ4n) is 2.69. The Hall–Kier alpha value is -0.960. The summed E-state index contributed by atoms with van der Waals surface area (Å²) in [4.78, 5) is 3.75. The second-order valence-electron chi connectivity index (χ2n) is 5.97. The molecule has 1 atom stereocenters. The predicted octanol–water partition coefficient (Wildman–Crippen LogP) is 5.53. The molecule has 0 saturated heterocycles. The van der Waals surface area contributed by atoms with Crippen LogP contribution >= 0.6 is 0 Å². The fourth-order valence-corrected chi connectivity index (χ4v) is 2.69. The minimum absolute atomic E-state index is 0.193. The van der Waals surface area contributed by atoms with Crippen molar-refractivity contribution in [2.24, 2.45) is 5.73 Å². The molecule has 120 valence electrons. The minimum Gasteiger partial charge on any atom is -0.324 e. The van der Waals surface area contributed by atoms with Gasteiger partial charge in [0.2, 0.25) is 0 Å². The molecule has 0 aliphatic rings. The highest BCUT2D eigenvalue weighted by molar-refractivity contribution is 5.16. The zero-order valence-electron chi connectivity index (χ0n) is 13.5. The maximum atomic E-state index is 13.5. The van der Waals surface area contributed by atoms with Crippen molar-refractivity contribution in [2.75, 3.05) is 0 Å². The van der Waals surface area contributed by atoms with Crippen LogP contribution in [-0.2, 0) is 0 Å². The lowest BCUT2D eigenvalue weighted by atomic mass is 10.0. The second-order valence-corrected chi connectivity index (χ2v) is 5.97. The van der Waals surface area contributed by atoms with Crippen molar-refractivity contribution in [1.29, 1.82) is 0 Å². The molecule has 1 unspecified atom stereocenters. The summed E-state index contributed by atoms with van der Waals surface area (Å²) < 4.78 is 13.5. The molecule has 2 N–H and O–H groups in total. The van der Waals surface area contributed by atoms with Gasteiger partial charge in [0.25, 0.3) is 0 Å². The van der Waals surface area contributed by atoms with E-state index in [1.54, 1.807) is 12.3 Å². The number of hydrogen-bond acceptors (Lipinski definition) is 2. The average molecular weight is 294 g/mol. The van der Waals surface area contributed by atoms with E-state index in [4.69, 9.17) is 5.73 Å². The van der Waals surface area contributed by atoms with Gasteiger partial charge in [-0.3, -0.25) is 4.98 Å². The molecule has 0 aromatic carbocycles. The zero-order valence-corrected chi connectivity index (χ0v) is 13.5. The molecule has 21 heavy (non-hydrogen) atoms. The molecule has 0 bridgehead atoms. The number of rotatable bonds is 12. The third kappa shape index (κ3) is 8.15. The lowest BCUT2D eigenvalue weighted by molar-refractivity contribution is 0.513. The number of unbranched alkanes of at least 4 members (excludes halogenated alkanes) is 9. The lowest BCUT2D eigenvalue weighted by Gasteiger charge is -2.12. The smallest absolute Gasteiger partial charge is 0.146 e.